The highest BCUT2D eigenvalue weighted by Crippen LogP contribution is 2.25. The zero-order chi connectivity index (χ0) is 38.0. The molecule has 0 bridgehead atoms. The van der Waals surface area contributed by atoms with Crippen LogP contribution in [0.3, 0.4) is 0 Å². The van der Waals surface area contributed by atoms with E-state index in [1.807, 2.05) is 11.0 Å². The van der Waals surface area contributed by atoms with Crippen molar-refractivity contribution in [2.45, 2.75) is 90.4 Å². The summed E-state index contributed by atoms with van der Waals surface area (Å²) in [4.78, 5) is 83.8. The molecule has 2 aliphatic heterocycles. The molecule has 0 aromatic heterocycles. The average Bonchev–Trinajstić information content (AvgIpc) is 3.09. The van der Waals surface area contributed by atoms with Gasteiger partial charge in [0.25, 0.3) is 5.91 Å². The van der Waals surface area contributed by atoms with E-state index in [-0.39, 0.29) is 49.5 Å². The van der Waals surface area contributed by atoms with Crippen molar-refractivity contribution in [1.29, 1.82) is 0 Å². The fraction of sp³-hybridized carbons (Fsp3) is 0.474. The number of anilines is 3. The van der Waals surface area contributed by atoms with Crippen molar-refractivity contribution in [3.63, 3.8) is 0 Å². The molecule has 4 rings (SSSR count). The first-order chi connectivity index (χ1) is 24.6. The van der Waals surface area contributed by atoms with Gasteiger partial charge < -0.3 is 35.8 Å². The fourth-order valence-electron chi connectivity index (χ4n) is 5.95. The van der Waals surface area contributed by atoms with Crippen LogP contribution in [0.25, 0.3) is 0 Å². The van der Waals surface area contributed by atoms with Gasteiger partial charge in [0.1, 0.15) is 23.7 Å². The number of nitrogens with zero attached hydrogens (tertiary/aromatic N) is 2. The smallest absolute Gasteiger partial charge is 0.408 e. The SMILES string of the molecule is CC(C)[C@@H](NC(=O)OC(C)(C)C)C(=O)N1CCN(c2ccc(Cl)cc2)[C@@H](C(=O)N[C@@H]2CC=CCCCCC(=O)Nc3ccccc3NC(=O)C2=O)C1. The number of piperazine rings is 1. The van der Waals surface area contributed by atoms with Crippen molar-refractivity contribution < 1.29 is 33.5 Å². The van der Waals surface area contributed by atoms with Crippen molar-refractivity contribution in [2.24, 2.45) is 5.92 Å². The van der Waals surface area contributed by atoms with Crippen molar-refractivity contribution in [3.8, 4) is 0 Å². The summed E-state index contributed by atoms with van der Waals surface area (Å²) in [5.74, 6) is -3.29. The topological polar surface area (TPSA) is 166 Å². The molecule has 0 radical (unpaired) electrons. The molecule has 4 N–H and O–H groups in total. The van der Waals surface area contributed by atoms with Gasteiger partial charge in [-0.1, -0.05) is 49.7 Å². The first-order valence-corrected chi connectivity index (χ1v) is 18.0. The molecule has 13 nitrogen and oxygen atoms in total. The van der Waals surface area contributed by atoms with Crippen LogP contribution in [0, 0.1) is 5.92 Å². The van der Waals surface area contributed by atoms with Crippen LogP contribution in [0.15, 0.2) is 60.7 Å². The van der Waals surface area contributed by atoms with Crippen LogP contribution in [-0.2, 0) is 28.7 Å². The summed E-state index contributed by atoms with van der Waals surface area (Å²) in [5.41, 5.74) is 0.512. The predicted molar refractivity (Wildman–Crippen MR) is 200 cm³/mol. The van der Waals surface area contributed by atoms with Gasteiger partial charge in [-0.2, -0.15) is 0 Å². The van der Waals surface area contributed by atoms with Crippen LogP contribution in [0.5, 0.6) is 0 Å². The third-order valence-corrected chi connectivity index (χ3v) is 8.88. The lowest BCUT2D eigenvalue weighted by atomic mass is 10.0. The average molecular weight is 737 g/mol. The Morgan fingerprint density at radius 2 is 1.60 bits per heavy atom. The predicted octanol–water partition coefficient (Wildman–Crippen LogP) is 5.06. The third kappa shape index (κ3) is 11.3. The van der Waals surface area contributed by atoms with Gasteiger partial charge in [0.15, 0.2) is 0 Å². The number of Topliss-reactive ketones (excluding diaryl/α,β-unsaturated/α-hetero) is 1. The van der Waals surface area contributed by atoms with Gasteiger partial charge in [0, 0.05) is 30.2 Å². The third-order valence-electron chi connectivity index (χ3n) is 8.63. The van der Waals surface area contributed by atoms with Gasteiger partial charge in [0.05, 0.1) is 17.9 Å². The number of nitrogens with one attached hydrogen (secondary N) is 4. The van der Waals surface area contributed by atoms with E-state index in [2.05, 4.69) is 21.3 Å². The lowest BCUT2D eigenvalue weighted by Gasteiger charge is -2.43. The number of para-hydroxylation sites is 2. The maximum absolute atomic E-state index is 14.3. The Labute approximate surface area is 309 Å². The monoisotopic (exact) mass is 736 g/mol. The number of hydrogen-bond acceptors (Lipinski definition) is 8. The van der Waals surface area contributed by atoms with E-state index in [1.54, 1.807) is 89.2 Å². The van der Waals surface area contributed by atoms with Gasteiger partial charge in [-0.05, 0) is 88.8 Å². The summed E-state index contributed by atoms with van der Waals surface area (Å²) in [6, 6.07) is 10.4. The number of fused-ring (bicyclic) bond motifs is 1. The molecule has 2 heterocycles. The van der Waals surface area contributed by atoms with E-state index in [9.17, 15) is 28.8 Å². The Bertz CT molecular complexity index is 1660. The zero-order valence-corrected chi connectivity index (χ0v) is 31.1. The van der Waals surface area contributed by atoms with E-state index in [1.165, 1.54) is 4.90 Å². The second-order valence-corrected chi connectivity index (χ2v) is 14.7. The number of rotatable bonds is 6. The normalized spacial score (nSPS) is 19.7. The van der Waals surface area contributed by atoms with E-state index in [0.717, 1.165) is 6.42 Å². The quantitative estimate of drug-likeness (QED) is 0.236. The van der Waals surface area contributed by atoms with Crippen LogP contribution in [-0.4, -0.2) is 83.8 Å². The standard InChI is InChI=1S/C38H49ClN6O7/c1-24(2)32(43-37(51)52-38(3,4)5)36(50)44-21-22-45(26-19-17-25(39)18-20-26)30(23-44)34(48)42-29-15-9-7-6-8-10-16-31(46)40-27-13-11-12-14-28(27)41-35(49)33(29)47/h7,9,11-14,17-20,24,29-30,32H,6,8,10,15-16,21-23H2,1-5H3,(H,40,46)(H,41,49)(H,42,48)(H,43,51)/t29-,30-,32-/m1/s1. The largest absolute Gasteiger partial charge is 0.444 e. The van der Waals surface area contributed by atoms with Gasteiger partial charge in [0.2, 0.25) is 23.5 Å². The van der Waals surface area contributed by atoms with E-state index in [4.69, 9.17) is 16.3 Å². The van der Waals surface area contributed by atoms with Gasteiger partial charge >= 0.3 is 6.09 Å². The Hall–Kier alpha value is -4.91. The molecule has 5 amide bonds. The van der Waals surface area contributed by atoms with Crippen molar-refractivity contribution in [3.05, 3.63) is 65.7 Å². The van der Waals surface area contributed by atoms with Gasteiger partial charge in [-0.15, -0.1) is 0 Å². The number of ether oxygens (including phenoxy) is 1. The molecule has 1 fully saturated rings. The number of amides is 5. The lowest BCUT2D eigenvalue weighted by molar-refractivity contribution is -0.138. The molecule has 1 saturated heterocycles. The van der Waals surface area contributed by atoms with E-state index in [0.29, 0.717) is 35.7 Å². The minimum absolute atomic E-state index is 0.0440. The molecule has 2 aliphatic rings. The summed E-state index contributed by atoms with van der Waals surface area (Å²) < 4.78 is 5.40. The number of benzene rings is 2. The van der Waals surface area contributed by atoms with Crippen molar-refractivity contribution in [1.82, 2.24) is 15.5 Å². The first-order valence-electron chi connectivity index (χ1n) is 17.6. The molecular formula is C38H49ClN6O7. The molecule has 0 saturated carbocycles. The minimum atomic E-state index is -1.23. The van der Waals surface area contributed by atoms with Crippen LogP contribution in [0.4, 0.5) is 21.9 Å². The molecule has 0 unspecified atom stereocenters. The Morgan fingerprint density at radius 1 is 0.923 bits per heavy atom. The van der Waals surface area contributed by atoms with Crippen molar-refractivity contribution >= 4 is 64.2 Å². The fourth-order valence-corrected chi connectivity index (χ4v) is 6.07. The summed E-state index contributed by atoms with van der Waals surface area (Å²) in [6.45, 7) is 9.23. The van der Waals surface area contributed by atoms with Crippen LogP contribution >= 0.6 is 11.6 Å². The number of allylic oxidation sites excluding steroid dienone is 1. The number of carbonyl (C=O) groups excluding carboxylic acids is 6. The maximum Gasteiger partial charge on any atom is 0.408 e. The summed E-state index contributed by atoms with van der Waals surface area (Å²) in [6.07, 6.45) is 5.24. The molecule has 52 heavy (non-hydrogen) atoms. The molecule has 0 aliphatic carbocycles. The summed E-state index contributed by atoms with van der Waals surface area (Å²) in [5, 5.41) is 11.4. The molecule has 2 aromatic carbocycles. The van der Waals surface area contributed by atoms with Crippen LogP contribution < -0.4 is 26.2 Å². The lowest BCUT2D eigenvalue weighted by Crippen LogP contribution is -2.64. The first kappa shape index (κ1) is 39.9. The zero-order valence-electron chi connectivity index (χ0n) is 30.4. The summed E-state index contributed by atoms with van der Waals surface area (Å²) >= 11 is 6.16. The van der Waals surface area contributed by atoms with Gasteiger partial charge in [-0.3, -0.25) is 24.0 Å². The molecule has 280 valence electrons. The Kier molecular flexibility index (Phi) is 13.8. The highest BCUT2D eigenvalue weighted by molar-refractivity contribution is 6.43. The Balaban J connectivity index is 1.60. The van der Waals surface area contributed by atoms with E-state index >= 15 is 0 Å². The number of carbonyl (C=O) groups is 6. The molecular weight excluding hydrogens is 688 g/mol. The van der Waals surface area contributed by atoms with Crippen molar-refractivity contribution in [2.75, 3.05) is 35.2 Å². The highest BCUT2D eigenvalue weighted by atomic mass is 35.5. The van der Waals surface area contributed by atoms with Crippen LogP contribution in [0.2, 0.25) is 5.02 Å². The number of ketones is 1. The maximum atomic E-state index is 14.3. The molecule has 0 spiro atoms. The highest BCUT2D eigenvalue weighted by Gasteiger charge is 2.40. The second-order valence-electron chi connectivity index (χ2n) is 14.3. The minimum Gasteiger partial charge on any atom is -0.444 e. The van der Waals surface area contributed by atoms with Gasteiger partial charge in [-0.25, -0.2) is 4.79 Å². The summed E-state index contributed by atoms with van der Waals surface area (Å²) in [7, 11) is 0. The number of alkyl carbamates (subject to hydrolysis) is 1. The molecule has 14 heteroatoms. The molecule has 2 aromatic rings. The Morgan fingerprint density at radius 3 is 2.25 bits per heavy atom. The molecule has 3 atom stereocenters. The van der Waals surface area contributed by atoms with Crippen LogP contribution in [0.1, 0.15) is 66.7 Å². The number of hydrogen-bond donors (Lipinski definition) is 4. The van der Waals surface area contributed by atoms with E-state index < -0.39 is 47.4 Å². The second kappa shape index (κ2) is 18.0. The number of halogens is 1.